The predicted octanol–water partition coefficient (Wildman–Crippen LogP) is 3.16. The minimum Gasteiger partial charge on any atom is -0.484 e. The van der Waals surface area contributed by atoms with Crippen molar-refractivity contribution < 1.29 is 23.5 Å². The van der Waals surface area contributed by atoms with Gasteiger partial charge in [-0.2, -0.15) is 0 Å². The lowest BCUT2D eigenvalue weighted by atomic mass is 10.1. The van der Waals surface area contributed by atoms with E-state index in [4.69, 9.17) is 9.47 Å². The van der Waals surface area contributed by atoms with Crippen molar-refractivity contribution in [3.8, 4) is 5.75 Å². The molecule has 0 radical (unpaired) electrons. The second-order valence-corrected chi connectivity index (χ2v) is 6.77. The summed E-state index contributed by atoms with van der Waals surface area (Å²) in [5, 5.41) is 2.83. The molecule has 0 saturated heterocycles. The summed E-state index contributed by atoms with van der Waals surface area (Å²) >= 11 is 0. The zero-order valence-electron chi connectivity index (χ0n) is 17.5. The molecule has 0 saturated carbocycles. The Morgan fingerprint density at radius 1 is 1.10 bits per heavy atom. The smallest absolute Gasteiger partial charge is 0.261 e. The van der Waals surface area contributed by atoms with Crippen LogP contribution in [0.3, 0.4) is 0 Å². The first-order valence-corrected chi connectivity index (χ1v) is 10.1. The lowest BCUT2D eigenvalue weighted by molar-refractivity contribution is -0.142. The van der Waals surface area contributed by atoms with Gasteiger partial charge in [-0.25, -0.2) is 4.39 Å². The first-order valence-electron chi connectivity index (χ1n) is 10.1. The molecule has 0 unspecified atom stereocenters. The van der Waals surface area contributed by atoms with Crippen molar-refractivity contribution in [2.24, 2.45) is 0 Å². The van der Waals surface area contributed by atoms with Crippen LogP contribution in [0.2, 0.25) is 0 Å². The van der Waals surface area contributed by atoms with Crippen molar-refractivity contribution in [1.82, 2.24) is 10.2 Å². The molecule has 162 valence electrons. The third-order valence-corrected chi connectivity index (χ3v) is 4.51. The average molecular weight is 416 g/mol. The summed E-state index contributed by atoms with van der Waals surface area (Å²) in [6.45, 7) is 5.21. The monoisotopic (exact) mass is 416 g/mol. The zero-order valence-corrected chi connectivity index (χ0v) is 17.5. The van der Waals surface area contributed by atoms with Crippen molar-refractivity contribution in [3.63, 3.8) is 0 Å². The van der Waals surface area contributed by atoms with E-state index in [1.807, 2.05) is 25.1 Å². The van der Waals surface area contributed by atoms with Gasteiger partial charge in [0, 0.05) is 26.3 Å². The fourth-order valence-electron chi connectivity index (χ4n) is 2.79. The Balaban J connectivity index is 2.02. The molecule has 0 spiro atoms. The highest BCUT2D eigenvalue weighted by Gasteiger charge is 2.26. The van der Waals surface area contributed by atoms with Gasteiger partial charge in [-0.3, -0.25) is 9.59 Å². The van der Waals surface area contributed by atoms with Crippen LogP contribution < -0.4 is 10.1 Å². The topological polar surface area (TPSA) is 67.9 Å². The van der Waals surface area contributed by atoms with Gasteiger partial charge in [0.15, 0.2) is 6.61 Å². The van der Waals surface area contributed by atoms with Gasteiger partial charge in [0.25, 0.3) is 5.91 Å². The SMILES string of the molecule is CCOCCCNC(=O)[C@H](C)N(Cc1ccc(F)cc1)C(=O)COc1ccccc1. The third-order valence-electron chi connectivity index (χ3n) is 4.51. The molecule has 2 amide bonds. The molecule has 6 nitrogen and oxygen atoms in total. The fourth-order valence-corrected chi connectivity index (χ4v) is 2.79. The van der Waals surface area contributed by atoms with Gasteiger partial charge in [-0.05, 0) is 50.1 Å². The number of amides is 2. The predicted molar refractivity (Wildman–Crippen MR) is 112 cm³/mol. The molecule has 0 aliphatic heterocycles. The van der Waals surface area contributed by atoms with Crippen LogP contribution in [0.1, 0.15) is 25.8 Å². The Morgan fingerprint density at radius 3 is 2.47 bits per heavy atom. The Hall–Kier alpha value is -2.93. The standard InChI is InChI=1S/C23H29FN2O4/c1-3-29-15-7-14-25-23(28)18(2)26(16-19-10-12-20(24)13-11-19)22(27)17-30-21-8-5-4-6-9-21/h4-6,8-13,18H,3,7,14-17H2,1-2H3,(H,25,28)/t18-/m0/s1. The van der Waals surface area contributed by atoms with Gasteiger partial charge in [-0.1, -0.05) is 30.3 Å². The van der Waals surface area contributed by atoms with Crippen LogP contribution in [0.4, 0.5) is 4.39 Å². The maximum Gasteiger partial charge on any atom is 0.261 e. The summed E-state index contributed by atoms with van der Waals surface area (Å²) in [5.41, 5.74) is 0.723. The van der Waals surface area contributed by atoms with Crippen LogP contribution in [0, 0.1) is 5.82 Å². The molecule has 0 aromatic heterocycles. The first kappa shape index (κ1) is 23.3. The van der Waals surface area contributed by atoms with E-state index in [0.717, 1.165) is 5.56 Å². The van der Waals surface area contributed by atoms with Crippen molar-refractivity contribution >= 4 is 11.8 Å². The van der Waals surface area contributed by atoms with Gasteiger partial charge in [0.05, 0.1) is 0 Å². The number of hydrogen-bond donors (Lipinski definition) is 1. The Labute approximate surface area is 177 Å². The summed E-state index contributed by atoms with van der Waals surface area (Å²) < 4.78 is 24.1. The highest BCUT2D eigenvalue weighted by Crippen LogP contribution is 2.13. The number of halogens is 1. The fraction of sp³-hybridized carbons (Fsp3) is 0.391. The van der Waals surface area contributed by atoms with Crippen molar-refractivity contribution in [2.45, 2.75) is 32.9 Å². The van der Waals surface area contributed by atoms with Crippen LogP contribution in [0.25, 0.3) is 0 Å². The number of benzene rings is 2. The van der Waals surface area contributed by atoms with E-state index in [0.29, 0.717) is 31.9 Å². The number of nitrogens with zero attached hydrogens (tertiary/aromatic N) is 1. The molecule has 0 bridgehead atoms. The van der Waals surface area contributed by atoms with E-state index in [-0.39, 0.29) is 30.8 Å². The van der Waals surface area contributed by atoms with E-state index in [1.165, 1.54) is 17.0 Å². The summed E-state index contributed by atoms with van der Waals surface area (Å²) in [5.74, 6) is -0.383. The maximum atomic E-state index is 13.2. The van der Waals surface area contributed by atoms with Crippen LogP contribution in [-0.2, 0) is 20.9 Å². The molecule has 0 heterocycles. The van der Waals surface area contributed by atoms with Crippen LogP contribution in [-0.4, -0.2) is 49.1 Å². The van der Waals surface area contributed by atoms with Gasteiger partial charge >= 0.3 is 0 Å². The summed E-state index contributed by atoms with van der Waals surface area (Å²) in [6, 6.07) is 14.1. The van der Waals surface area contributed by atoms with Crippen LogP contribution in [0.5, 0.6) is 5.75 Å². The van der Waals surface area contributed by atoms with Gasteiger partial charge in [0.1, 0.15) is 17.6 Å². The van der Waals surface area contributed by atoms with Gasteiger partial charge in [0.2, 0.25) is 5.91 Å². The molecule has 2 rings (SSSR count). The third kappa shape index (κ3) is 7.83. The molecular weight excluding hydrogens is 387 g/mol. The Morgan fingerprint density at radius 2 is 1.80 bits per heavy atom. The molecule has 30 heavy (non-hydrogen) atoms. The van der Waals surface area contributed by atoms with Crippen LogP contribution >= 0.6 is 0 Å². The van der Waals surface area contributed by atoms with E-state index >= 15 is 0 Å². The summed E-state index contributed by atoms with van der Waals surface area (Å²) in [6.07, 6.45) is 0.690. The molecule has 1 atom stereocenters. The molecule has 7 heteroatoms. The molecule has 1 N–H and O–H groups in total. The van der Waals surface area contributed by atoms with E-state index in [2.05, 4.69) is 5.32 Å². The second kappa shape index (κ2) is 12.6. The molecule has 0 fully saturated rings. The molecular formula is C23H29FN2O4. The van der Waals surface area contributed by atoms with Gasteiger partial charge in [-0.15, -0.1) is 0 Å². The number of para-hydroxylation sites is 1. The lowest BCUT2D eigenvalue weighted by Crippen LogP contribution is -2.49. The summed E-state index contributed by atoms with van der Waals surface area (Å²) in [4.78, 5) is 26.9. The van der Waals surface area contributed by atoms with Crippen molar-refractivity contribution in [3.05, 3.63) is 66.0 Å². The number of ether oxygens (including phenoxy) is 2. The highest BCUT2D eigenvalue weighted by atomic mass is 19.1. The highest BCUT2D eigenvalue weighted by molar-refractivity contribution is 5.87. The van der Waals surface area contributed by atoms with E-state index < -0.39 is 6.04 Å². The number of nitrogens with one attached hydrogen (secondary N) is 1. The largest absolute Gasteiger partial charge is 0.484 e. The molecule has 0 aliphatic rings. The Bertz CT molecular complexity index is 784. The normalized spacial score (nSPS) is 11.6. The molecule has 2 aromatic carbocycles. The number of hydrogen-bond acceptors (Lipinski definition) is 4. The average Bonchev–Trinajstić information content (AvgIpc) is 2.77. The second-order valence-electron chi connectivity index (χ2n) is 6.77. The van der Waals surface area contributed by atoms with E-state index in [9.17, 15) is 14.0 Å². The minimum absolute atomic E-state index is 0.171. The van der Waals surface area contributed by atoms with E-state index in [1.54, 1.807) is 31.2 Å². The number of carbonyl (C=O) groups is 2. The van der Waals surface area contributed by atoms with Crippen LogP contribution in [0.15, 0.2) is 54.6 Å². The number of carbonyl (C=O) groups excluding carboxylic acids is 2. The summed E-state index contributed by atoms with van der Waals surface area (Å²) in [7, 11) is 0. The molecule has 0 aliphatic carbocycles. The lowest BCUT2D eigenvalue weighted by Gasteiger charge is -2.28. The molecule has 2 aromatic rings. The van der Waals surface area contributed by atoms with Gasteiger partial charge < -0.3 is 19.7 Å². The Kier molecular flexibility index (Phi) is 9.80. The minimum atomic E-state index is -0.714. The quantitative estimate of drug-likeness (QED) is 0.540. The van der Waals surface area contributed by atoms with Crippen molar-refractivity contribution in [1.29, 1.82) is 0 Å². The maximum absolute atomic E-state index is 13.2. The number of rotatable bonds is 12. The first-order chi connectivity index (χ1) is 14.5. The van der Waals surface area contributed by atoms with Crippen molar-refractivity contribution in [2.75, 3.05) is 26.4 Å². The zero-order chi connectivity index (χ0) is 21.8.